The van der Waals surface area contributed by atoms with Crippen molar-refractivity contribution in [2.45, 2.75) is 55.9 Å². The van der Waals surface area contributed by atoms with Crippen molar-refractivity contribution in [3.05, 3.63) is 59.9 Å². The summed E-state index contributed by atoms with van der Waals surface area (Å²) in [5, 5.41) is 0. The van der Waals surface area contributed by atoms with Gasteiger partial charge in [0, 0.05) is 39.5 Å². The number of sulfonamides is 1. The average molecular weight is 481 g/mol. The smallest absolute Gasteiger partial charge is 0.243 e. The maximum absolute atomic E-state index is 13.1. The minimum Gasteiger partial charge on any atom is -0.336 e. The highest BCUT2D eigenvalue weighted by Gasteiger charge is 2.30. The van der Waals surface area contributed by atoms with E-state index in [0.717, 1.165) is 50.0 Å². The van der Waals surface area contributed by atoms with Crippen molar-refractivity contribution in [3.63, 3.8) is 0 Å². The molecule has 2 aliphatic rings. The molecule has 7 nitrogen and oxygen atoms in total. The van der Waals surface area contributed by atoms with Crippen LogP contribution >= 0.6 is 0 Å². The second kappa shape index (κ2) is 9.50. The molecule has 34 heavy (non-hydrogen) atoms. The van der Waals surface area contributed by atoms with Crippen LogP contribution < -0.4 is 0 Å². The second-order valence-electron chi connectivity index (χ2n) is 9.36. The number of likely N-dealkylation sites (tertiary alicyclic amines) is 1. The first kappa shape index (κ1) is 23.1. The van der Waals surface area contributed by atoms with Crippen molar-refractivity contribution in [1.82, 2.24) is 18.8 Å². The van der Waals surface area contributed by atoms with Gasteiger partial charge in [0.1, 0.15) is 5.82 Å². The summed E-state index contributed by atoms with van der Waals surface area (Å²) in [5.41, 5.74) is 2.73. The van der Waals surface area contributed by atoms with E-state index >= 15 is 0 Å². The third-order valence-electron chi connectivity index (χ3n) is 7.22. The number of aryl methyl sites for hydroxylation is 2. The van der Waals surface area contributed by atoms with Gasteiger partial charge in [-0.1, -0.05) is 36.8 Å². The number of hydrogen-bond acceptors (Lipinski definition) is 4. The van der Waals surface area contributed by atoms with Gasteiger partial charge in [0.15, 0.2) is 0 Å². The molecule has 0 aliphatic carbocycles. The van der Waals surface area contributed by atoms with Gasteiger partial charge in [-0.25, -0.2) is 13.4 Å². The van der Waals surface area contributed by atoms with E-state index in [0.29, 0.717) is 36.3 Å². The lowest BCUT2D eigenvalue weighted by atomic mass is 10.0. The van der Waals surface area contributed by atoms with Crippen LogP contribution in [0.2, 0.25) is 0 Å². The topological polar surface area (TPSA) is 75.5 Å². The van der Waals surface area contributed by atoms with Crippen molar-refractivity contribution >= 4 is 27.0 Å². The number of hydrogen-bond donors (Lipinski definition) is 0. The molecule has 1 aromatic heterocycles. The molecule has 3 heterocycles. The lowest BCUT2D eigenvalue weighted by molar-refractivity contribution is -0.132. The Morgan fingerprint density at radius 3 is 2.53 bits per heavy atom. The fourth-order valence-electron chi connectivity index (χ4n) is 5.32. The molecule has 0 saturated carbocycles. The van der Waals surface area contributed by atoms with Gasteiger partial charge in [-0.05, 0) is 49.4 Å². The van der Waals surface area contributed by atoms with E-state index in [1.165, 1.54) is 5.56 Å². The van der Waals surface area contributed by atoms with Gasteiger partial charge in [-0.15, -0.1) is 0 Å². The molecule has 0 N–H and O–H groups in total. The number of imidazole rings is 1. The molecule has 2 fully saturated rings. The molecule has 2 aromatic carbocycles. The minimum atomic E-state index is -3.50. The van der Waals surface area contributed by atoms with Crippen molar-refractivity contribution in [2.75, 3.05) is 19.6 Å². The third-order valence-corrected chi connectivity index (χ3v) is 9.11. The number of fused-ring (bicyclic) bond motifs is 1. The third kappa shape index (κ3) is 4.36. The number of carbonyl (C=O) groups is 1. The van der Waals surface area contributed by atoms with Crippen molar-refractivity contribution in [2.24, 2.45) is 7.05 Å². The fraction of sp³-hybridized carbons (Fsp3) is 0.462. The molecule has 2 saturated heterocycles. The summed E-state index contributed by atoms with van der Waals surface area (Å²) in [6, 6.07) is 15.6. The van der Waals surface area contributed by atoms with Crippen LogP contribution in [0.4, 0.5) is 0 Å². The molecule has 8 heteroatoms. The summed E-state index contributed by atoms with van der Waals surface area (Å²) in [6.45, 7) is 1.95. The molecule has 0 bridgehead atoms. The molecule has 1 amide bonds. The molecular weight excluding hydrogens is 448 g/mol. The molecular formula is C26H32N4O3S. The first-order valence-corrected chi connectivity index (χ1v) is 13.7. The number of rotatable bonds is 6. The maximum atomic E-state index is 13.1. The largest absolute Gasteiger partial charge is 0.336 e. The number of piperidine rings is 1. The molecule has 180 valence electrons. The zero-order chi connectivity index (χ0) is 23.7. The molecule has 5 rings (SSSR count). The molecule has 3 aromatic rings. The quantitative estimate of drug-likeness (QED) is 0.534. The van der Waals surface area contributed by atoms with E-state index in [2.05, 4.69) is 12.1 Å². The van der Waals surface area contributed by atoms with Crippen LogP contribution in [0.5, 0.6) is 0 Å². The molecule has 1 unspecified atom stereocenters. The summed E-state index contributed by atoms with van der Waals surface area (Å²) in [6.07, 6.45) is 5.82. The summed E-state index contributed by atoms with van der Waals surface area (Å²) >= 11 is 0. The number of aromatic nitrogens is 2. The van der Waals surface area contributed by atoms with Crippen LogP contribution in [0.15, 0.2) is 53.4 Å². The van der Waals surface area contributed by atoms with Gasteiger partial charge in [0.2, 0.25) is 15.9 Å². The van der Waals surface area contributed by atoms with Crippen molar-refractivity contribution < 1.29 is 13.2 Å². The first-order valence-electron chi connectivity index (χ1n) is 12.2. The van der Waals surface area contributed by atoms with E-state index in [1.54, 1.807) is 16.4 Å². The highest BCUT2D eigenvalue weighted by Crippen LogP contribution is 2.32. The van der Waals surface area contributed by atoms with Gasteiger partial charge in [-0.2, -0.15) is 4.31 Å². The van der Waals surface area contributed by atoms with Crippen molar-refractivity contribution in [3.8, 4) is 0 Å². The predicted molar refractivity (Wildman–Crippen MR) is 132 cm³/mol. The highest BCUT2D eigenvalue weighted by atomic mass is 32.2. The molecule has 2 aliphatic heterocycles. The van der Waals surface area contributed by atoms with E-state index in [9.17, 15) is 13.2 Å². The Labute approximate surface area is 201 Å². The van der Waals surface area contributed by atoms with Gasteiger partial charge in [0.05, 0.1) is 22.0 Å². The zero-order valence-corrected chi connectivity index (χ0v) is 20.5. The number of carbonyl (C=O) groups excluding carboxylic acids is 1. The SMILES string of the molecule is Cn1c(CCC(=O)N2CCCC2c2ccccc2)nc2cc(S(=O)(=O)N3CCCCC3)ccc21. The minimum absolute atomic E-state index is 0.145. The van der Waals surface area contributed by atoms with Crippen LogP contribution in [-0.2, 0) is 28.3 Å². The van der Waals surface area contributed by atoms with E-state index in [1.807, 2.05) is 40.8 Å². The summed E-state index contributed by atoms with van der Waals surface area (Å²) < 4.78 is 29.7. The molecule has 0 spiro atoms. The number of benzene rings is 2. The van der Waals surface area contributed by atoms with Crippen LogP contribution in [0.1, 0.15) is 56.0 Å². The van der Waals surface area contributed by atoms with E-state index in [4.69, 9.17) is 4.98 Å². The van der Waals surface area contributed by atoms with E-state index < -0.39 is 10.0 Å². The Morgan fingerprint density at radius 2 is 1.76 bits per heavy atom. The van der Waals surface area contributed by atoms with E-state index in [-0.39, 0.29) is 11.9 Å². The number of amides is 1. The Morgan fingerprint density at radius 1 is 1.00 bits per heavy atom. The Balaban J connectivity index is 1.31. The lowest BCUT2D eigenvalue weighted by Gasteiger charge is -2.25. The number of nitrogens with zero attached hydrogens (tertiary/aromatic N) is 4. The molecule has 0 radical (unpaired) electrons. The Bertz CT molecular complexity index is 1280. The van der Waals surface area contributed by atoms with Crippen LogP contribution in [0.25, 0.3) is 11.0 Å². The lowest BCUT2D eigenvalue weighted by Crippen LogP contribution is -2.35. The van der Waals surface area contributed by atoms with Gasteiger partial charge < -0.3 is 9.47 Å². The maximum Gasteiger partial charge on any atom is 0.243 e. The normalized spacial score (nSPS) is 19.7. The van der Waals surface area contributed by atoms with Gasteiger partial charge in [-0.3, -0.25) is 4.79 Å². The van der Waals surface area contributed by atoms with Gasteiger partial charge >= 0.3 is 0 Å². The standard InChI is InChI=1S/C26H32N4O3S/c1-28-24-13-12-21(34(32,33)29-16-6-3-7-17-29)19-22(24)27-25(28)14-15-26(31)30-18-8-11-23(30)20-9-4-2-5-10-20/h2,4-5,9-10,12-13,19,23H,3,6-8,11,14-18H2,1H3. The summed E-state index contributed by atoms with van der Waals surface area (Å²) in [5.74, 6) is 0.943. The predicted octanol–water partition coefficient (Wildman–Crippen LogP) is 4.04. The zero-order valence-electron chi connectivity index (χ0n) is 19.7. The van der Waals surface area contributed by atoms with Crippen LogP contribution in [0.3, 0.4) is 0 Å². The highest BCUT2D eigenvalue weighted by molar-refractivity contribution is 7.89. The average Bonchev–Trinajstić information content (AvgIpc) is 3.48. The van der Waals surface area contributed by atoms with Crippen molar-refractivity contribution in [1.29, 1.82) is 0 Å². The Kier molecular flexibility index (Phi) is 6.44. The fourth-order valence-corrected chi connectivity index (χ4v) is 6.85. The summed E-state index contributed by atoms with van der Waals surface area (Å²) in [4.78, 5) is 20.1. The summed E-state index contributed by atoms with van der Waals surface area (Å²) in [7, 11) is -1.58. The monoisotopic (exact) mass is 480 g/mol. The van der Waals surface area contributed by atoms with Crippen LogP contribution in [-0.4, -0.2) is 52.7 Å². The first-order chi connectivity index (χ1) is 16.4. The Hall–Kier alpha value is -2.71. The molecule has 1 atom stereocenters. The van der Waals surface area contributed by atoms with Gasteiger partial charge in [0.25, 0.3) is 0 Å². The van der Waals surface area contributed by atoms with Crippen LogP contribution in [0, 0.1) is 0 Å². The second-order valence-corrected chi connectivity index (χ2v) is 11.3.